The van der Waals surface area contributed by atoms with Crippen LogP contribution in [0.5, 0.6) is 0 Å². The average molecular weight is 286 g/mol. The lowest BCUT2D eigenvalue weighted by atomic mass is 10.0. The molecule has 0 fully saturated rings. The van der Waals surface area contributed by atoms with Crippen LogP contribution in [0.3, 0.4) is 0 Å². The fourth-order valence-corrected chi connectivity index (χ4v) is 2.62. The van der Waals surface area contributed by atoms with Gasteiger partial charge >= 0.3 is 0 Å². The molecule has 0 saturated heterocycles. The van der Waals surface area contributed by atoms with E-state index in [1.165, 1.54) is 0 Å². The Bertz CT molecular complexity index is 863. The lowest BCUT2D eigenvalue weighted by Crippen LogP contribution is -2.06. The van der Waals surface area contributed by atoms with Crippen LogP contribution in [0.4, 0.5) is 0 Å². The Hall–Kier alpha value is -3.14. The van der Waals surface area contributed by atoms with E-state index < -0.39 is 0 Å². The molecule has 2 aromatic heterocycles. The number of para-hydroxylation sites is 1. The highest BCUT2D eigenvalue weighted by molar-refractivity contribution is 5.78. The van der Waals surface area contributed by atoms with Crippen molar-refractivity contribution in [2.45, 2.75) is 0 Å². The molecule has 0 unspecified atom stereocenters. The minimum atomic E-state index is 0.995. The topological polar surface area (TPSA) is 35.6 Å². The van der Waals surface area contributed by atoms with Gasteiger partial charge in [0.25, 0.3) is 0 Å². The summed E-state index contributed by atoms with van der Waals surface area (Å²) in [4.78, 5) is 0. The molecule has 4 aromatic rings. The standard InChI is InChI=1S/C18H14N4/c1-2-7-15(8-3-1)16-9-4-10-17(21-13-5-11-19-21)18(16)22-14-6-12-20-22/h1-14H. The summed E-state index contributed by atoms with van der Waals surface area (Å²) in [5, 5.41) is 8.79. The fourth-order valence-electron chi connectivity index (χ4n) is 2.62. The van der Waals surface area contributed by atoms with Crippen molar-refractivity contribution < 1.29 is 0 Å². The Morgan fingerprint density at radius 1 is 0.636 bits per heavy atom. The summed E-state index contributed by atoms with van der Waals surface area (Å²) in [5.41, 5.74) is 4.29. The van der Waals surface area contributed by atoms with Gasteiger partial charge in [0.2, 0.25) is 0 Å². The van der Waals surface area contributed by atoms with Gasteiger partial charge in [0.15, 0.2) is 0 Å². The largest absolute Gasteiger partial charge is 0.239 e. The van der Waals surface area contributed by atoms with Gasteiger partial charge in [-0.2, -0.15) is 10.2 Å². The van der Waals surface area contributed by atoms with Gasteiger partial charge in [-0.1, -0.05) is 42.5 Å². The molecular formula is C18H14N4. The van der Waals surface area contributed by atoms with Crippen molar-refractivity contribution >= 4 is 0 Å². The molecule has 0 aliphatic carbocycles. The maximum Gasteiger partial charge on any atom is 0.0980 e. The molecule has 0 N–H and O–H groups in total. The van der Waals surface area contributed by atoms with Crippen molar-refractivity contribution in [2.75, 3.05) is 0 Å². The summed E-state index contributed by atoms with van der Waals surface area (Å²) in [6.45, 7) is 0. The molecule has 4 nitrogen and oxygen atoms in total. The average Bonchev–Trinajstić information content (AvgIpc) is 3.28. The number of benzene rings is 2. The first kappa shape index (κ1) is 12.6. The van der Waals surface area contributed by atoms with Crippen molar-refractivity contribution in [3.05, 3.63) is 85.5 Å². The quantitative estimate of drug-likeness (QED) is 0.575. The van der Waals surface area contributed by atoms with Gasteiger partial charge in [-0.25, -0.2) is 9.36 Å². The van der Waals surface area contributed by atoms with Crippen molar-refractivity contribution in [2.24, 2.45) is 0 Å². The predicted octanol–water partition coefficient (Wildman–Crippen LogP) is 3.73. The van der Waals surface area contributed by atoms with Gasteiger partial charge in [0.1, 0.15) is 0 Å². The first-order valence-electron chi connectivity index (χ1n) is 7.12. The normalized spacial score (nSPS) is 10.7. The second-order valence-corrected chi connectivity index (χ2v) is 4.94. The van der Waals surface area contributed by atoms with Crippen LogP contribution in [0.1, 0.15) is 0 Å². The molecule has 0 atom stereocenters. The van der Waals surface area contributed by atoms with Gasteiger partial charge < -0.3 is 0 Å². The molecule has 2 heterocycles. The third-order valence-corrected chi connectivity index (χ3v) is 3.58. The van der Waals surface area contributed by atoms with Crippen LogP contribution in [0, 0.1) is 0 Å². The molecule has 22 heavy (non-hydrogen) atoms. The second kappa shape index (κ2) is 5.33. The molecular weight excluding hydrogens is 272 g/mol. The summed E-state index contributed by atoms with van der Waals surface area (Å²) in [6.07, 6.45) is 7.46. The zero-order chi connectivity index (χ0) is 14.8. The Labute approximate surface area is 128 Å². The molecule has 0 spiro atoms. The number of nitrogens with zero attached hydrogens (tertiary/aromatic N) is 4. The van der Waals surface area contributed by atoms with E-state index in [-0.39, 0.29) is 0 Å². The van der Waals surface area contributed by atoms with Crippen molar-refractivity contribution in [3.63, 3.8) is 0 Å². The van der Waals surface area contributed by atoms with E-state index in [0.717, 1.165) is 22.5 Å². The molecule has 0 saturated carbocycles. The fraction of sp³-hybridized carbons (Fsp3) is 0. The smallest absolute Gasteiger partial charge is 0.0980 e. The zero-order valence-electron chi connectivity index (χ0n) is 11.9. The van der Waals surface area contributed by atoms with Gasteiger partial charge in [-0.3, -0.25) is 0 Å². The maximum atomic E-state index is 4.42. The van der Waals surface area contributed by atoms with E-state index in [1.54, 1.807) is 12.4 Å². The Kier molecular flexibility index (Phi) is 3.05. The highest BCUT2D eigenvalue weighted by atomic mass is 15.3. The number of hydrogen-bond donors (Lipinski definition) is 0. The van der Waals surface area contributed by atoms with Crippen LogP contribution < -0.4 is 0 Å². The third-order valence-electron chi connectivity index (χ3n) is 3.58. The number of rotatable bonds is 3. The third kappa shape index (κ3) is 2.11. The van der Waals surface area contributed by atoms with Crippen LogP contribution >= 0.6 is 0 Å². The molecule has 2 aromatic carbocycles. The van der Waals surface area contributed by atoms with Gasteiger partial charge in [0, 0.05) is 30.4 Å². The van der Waals surface area contributed by atoms with Crippen LogP contribution in [0.15, 0.2) is 85.5 Å². The van der Waals surface area contributed by atoms with Gasteiger partial charge in [0.05, 0.1) is 11.4 Å². The highest BCUT2D eigenvalue weighted by Gasteiger charge is 2.14. The first-order chi connectivity index (χ1) is 10.9. The molecule has 0 aliphatic rings. The molecule has 106 valence electrons. The minimum Gasteiger partial charge on any atom is -0.239 e. The van der Waals surface area contributed by atoms with Gasteiger partial charge in [-0.15, -0.1) is 0 Å². The van der Waals surface area contributed by atoms with Crippen molar-refractivity contribution in [1.82, 2.24) is 19.6 Å². The van der Waals surface area contributed by atoms with Crippen LogP contribution in [-0.2, 0) is 0 Å². The van der Waals surface area contributed by atoms with Crippen LogP contribution in [0.2, 0.25) is 0 Å². The van der Waals surface area contributed by atoms with E-state index in [9.17, 15) is 0 Å². The summed E-state index contributed by atoms with van der Waals surface area (Å²) in [5.74, 6) is 0. The van der Waals surface area contributed by atoms with E-state index in [1.807, 2.05) is 58.2 Å². The first-order valence-corrected chi connectivity index (χ1v) is 7.12. The van der Waals surface area contributed by atoms with Crippen LogP contribution in [0.25, 0.3) is 22.5 Å². The van der Waals surface area contributed by atoms with Crippen LogP contribution in [-0.4, -0.2) is 19.6 Å². The second-order valence-electron chi connectivity index (χ2n) is 4.94. The molecule has 0 radical (unpaired) electrons. The molecule has 4 heteroatoms. The monoisotopic (exact) mass is 286 g/mol. The Balaban J connectivity index is 2.02. The molecule has 0 bridgehead atoms. The Morgan fingerprint density at radius 3 is 2.05 bits per heavy atom. The Morgan fingerprint density at radius 2 is 1.36 bits per heavy atom. The number of aromatic nitrogens is 4. The highest BCUT2D eigenvalue weighted by Crippen LogP contribution is 2.30. The minimum absolute atomic E-state index is 0.995. The van der Waals surface area contributed by atoms with Crippen molar-refractivity contribution in [3.8, 4) is 22.5 Å². The maximum absolute atomic E-state index is 4.42. The molecule has 0 amide bonds. The predicted molar refractivity (Wildman–Crippen MR) is 86.1 cm³/mol. The van der Waals surface area contributed by atoms with E-state index in [4.69, 9.17) is 0 Å². The van der Waals surface area contributed by atoms with Crippen molar-refractivity contribution in [1.29, 1.82) is 0 Å². The summed E-state index contributed by atoms with van der Waals surface area (Å²) in [6, 6.07) is 20.4. The van der Waals surface area contributed by atoms with E-state index >= 15 is 0 Å². The van der Waals surface area contributed by atoms with E-state index in [0.29, 0.717) is 0 Å². The summed E-state index contributed by atoms with van der Waals surface area (Å²) >= 11 is 0. The zero-order valence-corrected chi connectivity index (χ0v) is 11.9. The molecule has 0 aliphatic heterocycles. The summed E-state index contributed by atoms with van der Waals surface area (Å²) in [7, 11) is 0. The molecule has 4 rings (SSSR count). The lowest BCUT2D eigenvalue weighted by Gasteiger charge is -2.15. The summed E-state index contributed by atoms with van der Waals surface area (Å²) < 4.78 is 3.75. The van der Waals surface area contributed by atoms with E-state index in [2.05, 4.69) is 34.5 Å². The van der Waals surface area contributed by atoms with Gasteiger partial charge in [-0.05, 0) is 23.8 Å². The SMILES string of the molecule is c1ccc(-c2cccc(-n3cccn3)c2-n2cccn2)cc1. The number of hydrogen-bond acceptors (Lipinski definition) is 2. The lowest BCUT2D eigenvalue weighted by molar-refractivity contribution is 0.827.